The highest BCUT2D eigenvalue weighted by Gasteiger charge is 2.51. The number of aliphatic imine (C=N–C) groups is 1. The number of hydrogen-bond acceptors (Lipinski definition) is 6. The molecule has 2 N–H and O–H groups in total. The summed E-state index contributed by atoms with van der Waals surface area (Å²) < 4.78 is 50.1. The Labute approximate surface area is 205 Å². The van der Waals surface area contributed by atoms with E-state index < -0.39 is 30.3 Å². The minimum atomic E-state index is -4.60. The van der Waals surface area contributed by atoms with E-state index in [2.05, 4.69) is 15.0 Å². The second-order valence-corrected chi connectivity index (χ2v) is 8.18. The van der Waals surface area contributed by atoms with Crippen LogP contribution in [-0.4, -0.2) is 54.5 Å². The zero-order chi connectivity index (χ0) is 26.2. The van der Waals surface area contributed by atoms with Gasteiger partial charge in [-0.3, -0.25) is 4.79 Å². The fraction of sp³-hybridized carbons (Fsp3) is 0.417. The van der Waals surface area contributed by atoms with Gasteiger partial charge in [-0.05, 0) is 47.8 Å². The summed E-state index contributed by atoms with van der Waals surface area (Å²) in [5.74, 6) is -0.260. The molecule has 0 bridgehead atoms. The average Bonchev–Trinajstić information content (AvgIpc) is 3.19. The maximum atomic E-state index is 13.2. The number of carbonyl (C=O) groups excluding carboxylic acids is 1. The summed E-state index contributed by atoms with van der Waals surface area (Å²) in [5.41, 5.74) is 8.74. The predicted molar refractivity (Wildman–Crippen MR) is 126 cm³/mol. The van der Waals surface area contributed by atoms with Crippen molar-refractivity contribution >= 4 is 11.8 Å². The standard InChI is InChI=1S/C24H26F3N5O4/c1-16-23(22(34)29-15-24(25,26)27,13-18-5-2-3-6-19(18)14-30-32-28)31-21(36-16)17-7-9-20(10-8-17)35-12-4-11-33/h2-3,5-10,16,33H,4,11-15H2,1H3,(H,29,34)/t16-,23-/m1/s1. The molecule has 0 fully saturated rings. The number of nitrogens with zero attached hydrogens (tertiary/aromatic N) is 4. The van der Waals surface area contributed by atoms with Gasteiger partial charge in [0.25, 0.3) is 5.91 Å². The molecule has 2 aromatic carbocycles. The lowest BCUT2D eigenvalue weighted by Gasteiger charge is -2.29. The van der Waals surface area contributed by atoms with Crippen LogP contribution in [0.15, 0.2) is 58.6 Å². The molecule has 0 unspecified atom stereocenters. The van der Waals surface area contributed by atoms with Crippen LogP contribution in [0.3, 0.4) is 0 Å². The second-order valence-electron chi connectivity index (χ2n) is 8.18. The number of halogens is 3. The van der Waals surface area contributed by atoms with Crippen molar-refractivity contribution in [3.05, 3.63) is 75.7 Å². The van der Waals surface area contributed by atoms with Gasteiger partial charge in [-0.2, -0.15) is 13.2 Å². The summed E-state index contributed by atoms with van der Waals surface area (Å²) in [7, 11) is 0. The molecule has 12 heteroatoms. The van der Waals surface area contributed by atoms with Crippen molar-refractivity contribution in [2.75, 3.05) is 19.8 Å². The molecule has 1 amide bonds. The number of azide groups is 1. The van der Waals surface area contributed by atoms with Gasteiger partial charge in [0.15, 0.2) is 5.54 Å². The zero-order valence-electron chi connectivity index (χ0n) is 19.5. The van der Waals surface area contributed by atoms with Crippen LogP contribution in [0.25, 0.3) is 10.4 Å². The van der Waals surface area contributed by atoms with E-state index >= 15 is 0 Å². The van der Waals surface area contributed by atoms with Gasteiger partial charge in [0, 0.05) is 29.9 Å². The highest BCUT2D eigenvalue weighted by atomic mass is 19.4. The van der Waals surface area contributed by atoms with Crippen LogP contribution >= 0.6 is 0 Å². The van der Waals surface area contributed by atoms with Crippen molar-refractivity contribution in [3.8, 4) is 5.75 Å². The molecular weight excluding hydrogens is 479 g/mol. The van der Waals surface area contributed by atoms with E-state index in [1.165, 1.54) is 0 Å². The Bertz CT molecular complexity index is 1130. The number of carbonyl (C=O) groups is 1. The van der Waals surface area contributed by atoms with Gasteiger partial charge >= 0.3 is 6.18 Å². The molecule has 0 spiro atoms. The zero-order valence-corrected chi connectivity index (χ0v) is 19.5. The monoisotopic (exact) mass is 505 g/mol. The minimum absolute atomic E-state index is 0.00505. The number of rotatable bonds is 11. The van der Waals surface area contributed by atoms with E-state index in [-0.39, 0.29) is 25.5 Å². The largest absolute Gasteiger partial charge is 0.494 e. The molecule has 2 aromatic rings. The molecular formula is C24H26F3N5O4. The van der Waals surface area contributed by atoms with Crippen LogP contribution in [0.1, 0.15) is 30.0 Å². The van der Waals surface area contributed by atoms with E-state index in [4.69, 9.17) is 20.1 Å². The van der Waals surface area contributed by atoms with Crippen molar-refractivity contribution in [3.63, 3.8) is 0 Å². The SMILES string of the molecule is C[C@H]1OC(c2ccc(OCCCO)cc2)=N[C@@]1(Cc1ccccc1CN=[N+]=[N-])C(=O)NCC(F)(F)F. The Morgan fingerprint density at radius 2 is 1.94 bits per heavy atom. The van der Waals surface area contributed by atoms with E-state index in [1.807, 2.05) is 5.32 Å². The lowest BCUT2D eigenvalue weighted by Crippen LogP contribution is -2.54. The number of aliphatic hydroxyl groups is 1. The van der Waals surface area contributed by atoms with Crippen molar-refractivity contribution in [2.24, 2.45) is 10.1 Å². The molecule has 3 rings (SSSR count). The summed E-state index contributed by atoms with van der Waals surface area (Å²) in [6, 6.07) is 13.5. The van der Waals surface area contributed by atoms with Gasteiger partial charge in [0.05, 0.1) is 13.2 Å². The average molecular weight is 505 g/mol. The molecule has 1 aliphatic rings. The predicted octanol–water partition coefficient (Wildman–Crippen LogP) is 4.08. The molecule has 9 nitrogen and oxygen atoms in total. The first-order valence-electron chi connectivity index (χ1n) is 11.2. The van der Waals surface area contributed by atoms with Crippen LogP contribution in [-0.2, 0) is 22.5 Å². The van der Waals surface area contributed by atoms with Crippen LogP contribution in [0.5, 0.6) is 5.75 Å². The number of ether oxygens (including phenoxy) is 2. The number of nitrogens with one attached hydrogen (secondary N) is 1. The number of alkyl halides is 3. The van der Waals surface area contributed by atoms with Gasteiger partial charge < -0.3 is 19.9 Å². The Morgan fingerprint density at radius 1 is 1.25 bits per heavy atom. The Kier molecular flexibility index (Phi) is 8.78. The molecule has 0 aromatic heterocycles. The van der Waals surface area contributed by atoms with E-state index in [0.717, 1.165) is 0 Å². The lowest BCUT2D eigenvalue weighted by atomic mass is 9.84. The summed E-state index contributed by atoms with van der Waals surface area (Å²) in [4.78, 5) is 20.5. The molecule has 0 aliphatic carbocycles. The molecule has 0 saturated heterocycles. The van der Waals surface area contributed by atoms with E-state index in [1.54, 1.807) is 55.5 Å². The quantitative estimate of drug-likeness (QED) is 0.206. The van der Waals surface area contributed by atoms with E-state index in [0.29, 0.717) is 35.5 Å². The summed E-state index contributed by atoms with van der Waals surface area (Å²) in [6.45, 7) is 0.418. The maximum absolute atomic E-state index is 13.2. The molecule has 0 saturated carbocycles. The third kappa shape index (κ3) is 6.67. The fourth-order valence-electron chi connectivity index (χ4n) is 3.76. The molecule has 1 heterocycles. The van der Waals surface area contributed by atoms with Gasteiger partial charge in [-0.1, -0.05) is 29.4 Å². The topological polar surface area (TPSA) is 129 Å². The Balaban J connectivity index is 1.96. The van der Waals surface area contributed by atoms with Crippen LogP contribution < -0.4 is 10.1 Å². The summed E-state index contributed by atoms with van der Waals surface area (Å²) >= 11 is 0. The van der Waals surface area contributed by atoms with Crippen LogP contribution in [0, 0.1) is 0 Å². The van der Waals surface area contributed by atoms with Crippen molar-refractivity contribution in [1.82, 2.24) is 5.32 Å². The summed E-state index contributed by atoms with van der Waals surface area (Å²) in [5, 5.41) is 14.4. The molecule has 1 aliphatic heterocycles. The second kappa shape index (κ2) is 11.8. The van der Waals surface area contributed by atoms with Gasteiger partial charge in [0.1, 0.15) is 18.4 Å². The van der Waals surface area contributed by atoms with Crippen LogP contribution in [0.4, 0.5) is 13.2 Å². The van der Waals surface area contributed by atoms with Crippen molar-refractivity contribution < 1.29 is 32.5 Å². The summed E-state index contributed by atoms with van der Waals surface area (Å²) in [6.07, 6.45) is -5.09. The first kappa shape index (κ1) is 26.8. The number of hydrogen-bond donors (Lipinski definition) is 2. The van der Waals surface area contributed by atoms with Crippen molar-refractivity contribution in [2.45, 2.75) is 44.1 Å². The fourth-order valence-corrected chi connectivity index (χ4v) is 3.76. The Morgan fingerprint density at radius 3 is 2.58 bits per heavy atom. The normalized spacial score (nSPS) is 19.1. The van der Waals surface area contributed by atoms with Crippen LogP contribution in [0.2, 0.25) is 0 Å². The van der Waals surface area contributed by atoms with E-state index in [9.17, 15) is 18.0 Å². The molecule has 0 radical (unpaired) electrons. The van der Waals surface area contributed by atoms with Gasteiger partial charge in [-0.25, -0.2) is 4.99 Å². The number of amides is 1. The minimum Gasteiger partial charge on any atom is -0.494 e. The van der Waals surface area contributed by atoms with Crippen molar-refractivity contribution in [1.29, 1.82) is 0 Å². The maximum Gasteiger partial charge on any atom is 0.405 e. The third-order valence-electron chi connectivity index (χ3n) is 5.66. The first-order chi connectivity index (χ1) is 17.2. The van der Waals surface area contributed by atoms with Gasteiger partial charge in [-0.15, -0.1) is 0 Å². The number of benzene rings is 2. The smallest absolute Gasteiger partial charge is 0.405 e. The molecule has 192 valence electrons. The van der Waals surface area contributed by atoms with Gasteiger partial charge in [0.2, 0.25) is 5.90 Å². The third-order valence-corrected chi connectivity index (χ3v) is 5.66. The molecule has 36 heavy (non-hydrogen) atoms. The lowest BCUT2D eigenvalue weighted by molar-refractivity contribution is -0.143. The highest BCUT2D eigenvalue weighted by Crippen LogP contribution is 2.34. The number of aliphatic hydroxyl groups excluding tert-OH is 1. The molecule has 2 atom stereocenters. The Hall–Kier alpha value is -3.76. The highest BCUT2D eigenvalue weighted by molar-refractivity contribution is 6.01. The first-order valence-corrected chi connectivity index (χ1v) is 11.2.